The lowest BCUT2D eigenvalue weighted by Gasteiger charge is -2.05. The minimum atomic E-state index is 0.673. The Kier molecular flexibility index (Phi) is 4.52. The van der Waals surface area contributed by atoms with Crippen molar-refractivity contribution < 1.29 is 4.74 Å². The van der Waals surface area contributed by atoms with Crippen LogP contribution in [0.5, 0.6) is 5.75 Å². The Labute approximate surface area is 113 Å². The third-order valence-corrected chi connectivity index (χ3v) is 2.70. The van der Waals surface area contributed by atoms with Gasteiger partial charge in [0, 0.05) is 11.1 Å². The molecule has 0 atom stereocenters. The molecule has 3 nitrogen and oxygen atoms in total. The number of nitrogens with zero attached hydrogens (tertiary/aromatic N) is 2. The number of benzene rings is 1. The molecule has 1 aromatic carbocycles. The molecule has 96 valence electrons. The van der Waals surface area contributed by atoms with Crippen LogP contribution in [-0.2, 0) is 0 Å². The Balaban J connectivity index is 2.07. The van der Waals surface area contributed by atoms with Crippen molar-refractivity contribution in [3.05, 3.63) is 42.2 Å². The summed E-state index contributed by atoms with van der Waals surface area (Å²) in [6.07, 6.45) is 10.9. The third kappa shape index (κ3) is 3.56. The molecule has 19 heavy (non-hydrogen) atoms. The molecule has 0 saturated carbocycles. The summed E-state index contributed by atoms with van der Waals surface area (Å²) in [5.74, 6) is 3.96. The van der Waals surface area contributed by atoms with E-state index in [0.29, 0.717) is 18.2 Å². The Morgan fingerprint density at radius 2 is 1.84 bits per heavy atom. The molecule has 0 unspecified atom stereocenters. The lowest BCUT2D eigenvalue weighted by atomic mass is 10.1. The minimum absolute atomic E-state index is 0.673. The Hall–Kier alpha value is -2.34. The van der Waals surface area contributed by atoms with E-state index >= 15 is 0 Å². The van der Waals surface area contributed by atoms with Crippen LogP contribution in [0.3, 0.4) is 0 Å². The molecule has 0 aliphatic heterocycles. The molecule has 0 N–H and O–H groups in total. The third-order valence-electron chi connectivity index (χ3n) is 2.70. The zero-order chi connectivity index (χ0) is 13.5. The van der Waals surface area contributed by atoms with Crippen molar-refractivity contribution in [2.24, 2.45) is 0 Å². The highest BCUT2D eigenvalue weighted by molar-refractivity contribution is 5.56. The van der Waals surface area contributed by atoms with Crippen molar-refractivity contribution in [2.45, 2.75) is 19.8 Å². The minimum Gasteiger partial charge on any atom is -0.490 e. The van der Waals surface area contributed by atoms with Crippen molar-refractivity contribution >= 4 is 0 Å². The van der Waals surface area contributed by atoms with Crippen molar-refractivity contribution in [2.75, 3.05) is 6.61 Å². The van der Waals surface area contributed by atoms with E-state index in [2.05, 4.69) is 22.8 Å². The van der Waals surface area contributed by atoms with Crippen LogP contribution in [-0.4, -0.2) is 16.6 Å². The lowest BCUT2D eigenvalue weighted by Crippen LogP contribution is -1.98. The van der Waals surface area contributed by atoms with Gasteiger partial charge in [-0.15, -0.1) is 6.42 Å². The molecule has 3 heteroatoms. The van der Waals surface area contributed by atoms with E-state index in [0.717, 1.165) is 24.0 Å². The number of aromatic nitrogens is 2. The number of ether oxygens (including phenoxy) is 1. The molecule has 0 saturated heterocycles. The molecular weight excluding hydrogens is 236 g/mol. The van der Waals surface area contributed by atoms with E-state index in [-0.39, 0.29) is 0 Å². The van der Waals surface area contributed by atoms with Gasteiger partial charge >= 0.3 is 0 Å². The quantitative estimate of drug-likeness (QED) is 0.605. The maximum Gasteiger partial charge on any atom is 0.159 e. The lowest BCUT2D eigenvalue weighted by molar-refractivity contribution is 0.307. The predicted molar refractivity (Wildman–Crippen MR) is 75.8 cm³/mol. The topological polar surface area (TPSA) is 35.0 Å². The summed E-state index contributed by atoms with van der Waals surface area (Å²) in [6, 6.07) is 7.60. The van der Waals surface area contributed by atoms with E-state index in [4.69, 9.17) is 11.2 Å². The summed E-state index contributed by atoms with van der Waals surface area (Å²) in [6.45, 7) is 2.83. The zero-order valence-electron chi connectivity index (χ0n) is 11.0. The SMILES string of the molecule is C#Cc1ccc(-c2ncc(OCCCC)cn2)cc1. The van der Waals surface area contributed by atoms with Gasteiger partial charge in [-0.3, -0.25) is 0 Å². The Bertz CT molecular complexity index is 553. The predicted octanol–water partition coefficient (Wildman–Crippen LogP) is 3.30. The van der Waals surface area contributed by atoms with E-state index in [1.807, 2.05) is 24.3 Å². The normalized spacial score (nSPS) is 9.89. The van der Waals surface area contributed by atoms with Crippen LogP contribution >= 0.6 is 0 Å². The molecule has 0 spiro atoms. The molecule has 1 aromatic heterocycles. The van der Waals surface area contributed by atoms with Crippen LogP contribution in [0, 0.1) is 12.3 Å². The summed E-state index contributed by atoms with van der Waals surface area (Å²) in [5.41, 5.74) is 1.79. The van der Waals surface area contributed by atoms with Crippen LogP contribution in [0.4, 0.5) is 0 Å². The van der Waals surface area contributed by atoms with E-state index in [1.165, 1.54) is 0 Å². The Morgan fingerprint density at radius 3 is 2.42 bits per heavy atom. The van der Waals surface area contributed by atoms with Gasteiger partial charge < -0.3 is 4.74 Å². The first-order chi connectivity index (χ1) is 9.33. The van der Waals surface area contributed by atoms with E-state index in [1.54, 1.807) is 12.4 Å². The number of terminal acetylenes is 1. The van der Waals surface area contributed by atoms with Gasteiger partial charge in [0.15, 0.2) is 11.6 Å². The highest BCUT2D eigenvalue weighted by atomic mass is 16.5. The first-order valence-corrected chi connectivity index (χ1v) is 6.35. The maximum absolute atomic E-state index is 5.52. The fourth-order valence-electron chi connectivity index (χ4n) is 1.59. The highest BCUT2D eigenvalue weighted by Crippen LogP contribution is 2.17. The largest absolute Gasteiger partial charge is 0.490 e. The summed E-state index contributed by atoms with van der Waals surface area (Å²) in [5, 5.41) is 0. The van der Waals surface area contributed by atoms with Crippen LogP contribution < -0.4 is 4.74 Å². The van der Waals surface area contributed by atoms with Crippen molar-refractivity contribution in [1.29, 1.82) is 0 Å². The highest BCUT2D eigenvalue weighted by Gasteiger charge is 2.01. The van der Waals surface area contributed by atoms with Crippen LogP contribution in [0.2, 0.25) is 0 Å². The molecule has 0 radical (unpaired) electrons. The summed E-state index contributed by atoms with van der Waals surface area (Å²) in [4.78, 5) is 8.59. The molecule has 1 heterocycles. The number of hydrogen-bond donors (Lipinski definition) is 0. The zero-order valence-corrected chi connectivity index (χ0v) is 11.0. The maximum atomic E-state index is 5.52. The molecule has 2 rings (SSSR count). The standard InChI is InChI=1S/C16H16N2O/c1-3-5-10-19-15-11-17-16(18-12-15)14-8-6-13(4-2)7-9-14/h2,6-9,11-12H,3,5,10H2,1H3. The van der Waals surface area contributed by atoms with Gasteiger partial charge in [-0.25, -0.2) is 9.97 Å². The molecular formula is C16H16N2O. The number of hydrogen-bond acceptors (Lipinski definition) is 3. The Morgan fingerprint density at radius 1 is 1.16 bits per heavy atom. The fourth-order valence-corrected chi connectivity index (χ4v) is 1.59. The molecule has 0 fully saturated rings. The average molecular weight is 252 g/mol. The van der Waals surface area contributed by atoms with E-state index in [9.17, 15) is 0 Å². The second-order valence-electron chi connectivity index (χ2n) is 4.17. The van der Waals surface area contributed by atoms with Crippen molar-refractivity contribution in [3.8, 4) is 29.5 Å². The molecule has 2 aromatic rings. The van der Waals surface area contributed by atoms with Gasteiger partial charge in [-0.1, -0.05) is 19.3 Å². The smallest absolute Gasteiger partial charge is 0.159 e. The molecule has 0 amide bonds. The molecule has 0 aliphatic rings. The first-order valence-electron chi connectivity index (χ1n) is 6.35. The molecule has 0 bridgehead atoms. The average Bonchev–Trinajstić information content (AvgIpc) is 2.48. The first kappa shape index (κ1) is 13.1. The van der Waals surface area contributed by atoms with Crippen molar-refractivity contribution in [1.82, 2.24) is 9.97 Å². The van der Waals surface area contributed by atoms with Gasteiger partial charge in [-0.05, 0) is 30.7 Å². The number of rotatable bonds is 5. The summed E-state index contributed by atoms with van der Waals surface area (Å²) < 4.78 is 5.52. The van der Waals surface area contributed by atoms with E-state index < -0.39 is 0 Å². The van der Waals surface area contributed by atoms with Gasteiger partial charge in [0.05, 0.1) is 19.0 Å². The summed E-state index contributed by atoms with van der Waals surface area (Å²) in [7, 11) is 0. The molecule has 0 aliphatic carbocycles. The van der Waals surface area contributed by atoms with Crippen LogP contribution in [0.25, 0.3) is 11.4 Å². The van der Waals surface area contributed by atoms with Gasteiger partial charge in [0.25, 0.3) is 0 Å². The van der Waals surface area contributed by atoms with Gasteiger partial charge in [0.1, 0.15) is 0 Å². The number of unbranched alkanes of at least 4 members (excludes halogenated alkanes) is 1. The second kappa shape index (κ2) is 6.55. The van der Waals surface area contributed by atoms with Crippen LogP contribution in [0.1, 0.15) is 25.3 Å². The fraction of sp³-hybridized carbons (Fsp3) is 0.250. The monoisotopic (exact) mass is 252 g/mol. The van der Waals surface area contributed by atoms with Crippen LogP contribution in [0.15, 0.2) is 36.7 Å². The van der Waals surface area contributed by atoms with Gasteiger partial charge in [-0.2, -0.15) is 0 Å². The van der Waals surface area contributed by atoms with Gasteiger partial charge in [0.2, 0.25) is 0 Å². The summed E-state index contributed by atoms with van der Waals surface area (Å²) >= 11 is 0. The van der Waals surface area contributed by atoms with Crippen molar-refractivity contribution in [3.63, 3.8) is 0 Å². The second-order valence-corrected chi connectivity index (χ2v) is 4.17.